The first-order valence-corrected chi connectivity index (χ1v) is 18.2. The Morgan fingerprint density at radius 1 is 0.804 bits per heavy atom. The van der Waals surface area contributed by atoms with Gasteiger partial charge < -0.3 is 29.8 Å². The molecule has 248 valence electrons. The van der Waals surface area contributed by atoms with E-state index in [-0.39, 0.29) is 6.04 Å². The fourth-order valence-corrected chi connectivity index (χ4v) is 10.7. The summed E-state index contributed by atoms with van der Waals surface area (Å²) >= 11 is 0. The zero-order valence-electron chi connectivity index (χ0n) is 26.2. The molecular formula is C33H44N6O6S. The normalized spacial score (nSPS) is 31.5. The molecule has 2 N–H and O–H groups in total. The van der Waals surface area contributed by atoms with Crippen LogP contribution in [0.25, 0.3) is 0 Å². The third-order valence-corrected chi connectivity index (χ3v) is 13.1. The Hall–Kier alpha value is -3.10. The molecule has 3 aliphatic heterocycles. The maximum absolute atomic E-state index is 13.2. The van der Waals surface area contributed by atoms with Crippen molar-refractivity contribution >= 4 is 39.1 Å². The van der Waals surface area contributed by atoms with E-state index in [1.165, 1.54) is 4.31 Å². The Balaban J connectivity index is 0.896. The number of amides is 1. The number of ether oxygens (including phenoxy) is 1. The minimum atomic E-state index is -3.46. The number of fused-ring (bicyclic) bond motifs is 1. The molecule has 5 atom stereocenters. The largest absolute Gasteiger partial charge is 0.431 e. The Kier molecular flexibility index (Phi) is 7.79. The number of nitrogens with zero attached hydrogens (tertiary/aromatic N) is 5. The van der Waals surface area contributed by atoms with Gasteiger partial charge in [-0.2, -0.15) is 17.0 Å². The number of hydrogen-bond acceptors (Lipinski definition) is 9. The molecule has 4 aliphatic carbocycles. The van der Waals surface area contributed by atoms with Crippen LogP contribution in [0.1, 0.15) is 32.1 Å². The summed E-state index contributed by atoms with van der Waals surface area (Å²) < 4.78 is 34.6. The first kappa shape index (κ1) is 30.2. The number of anilines is 4. The molecule has 2 aromatic carbocycles. The number of aliphatic hydroxyl groups is 1. The van der Waals surface area contributed by atoms with Gasteiger partial charge in [-0.15, -0.1) is 0 Å². The molecule has 12 nitrogen and oxygen atoms in total. The van der Waals surface area contributed by atoms with Gasteiger partial charge in [-0.05, 0) is 86.3 Å². The lowest BCUT2D eigenvalue weighted by molar-refractivity contribution is -0.137. The van der Waals surface area contributed by atoms with Gasteiger partial charge in [-0.25, -0.2) is 9.86 Å². The van der Waals surface area contributed by atoms with Crippen molar-refractivity contribution in [3.8, 4) is 0 Å². The van der Waals surface area contributed by atoms with Gasteiger partial charge in [0.15, 0.2) is 0 Å². The molecule has 6 fully saturated rings. The van der Waals surface area contributed by atoms with Crippen molar-refractivity contribution in [1.82, 2.24) is 13.9 Å². The van der Waals surface area contributed by atoms with Crippen LogP contribution < -0.4 is 20.2 Å². The van der Waals surface area contributed by atoms with E-state index in [2.05, 4.69) is 39.4 Å². The zero-order valence-corrected chi connectivity index (χ0v) is 27.0. The lowest BCUT2D eigenvalue weighted by Crippen LogP contribution is -2.62. The number of nitrogens with one attached hydrogen (secondary N) is 1. The fraction of sp³-hybridized carbons (Fsp3) is 0.606. The van der Waals surface area contributed by atoms with Crippen molar-refractivity contribution in [1.29, 1.82) is 0 Å². The molecule has 13 heteroatoms. The first-order chi connectivity index (χ1) is 22.3. The van der Waals surface area contributed by atoms with Gasteiger partial charge in [0.25, 0.3) is 10.2 Å². The molecule has 0 spiro atoms. The van der Waals surface area contributed by atoms with E-state index in [9.17, 15) is 18.3 Å². The summed E-state index contributed by atoms with van der Waals surface area (Å²) in [6, 6.07) is 16.4. The third kappa shape index (κ3) is 5.59. The third-order valence-electron chi connectivity index (χ3n) is 11.1. The molecule has 9 rings (SSSR count). The maximum atomic E-state index is 13.2. The Bertz CT molecular complexity index is 1530. The lowest BCUT2D eigenvalue weighted by Gasteiger charge is -2.57. The molecule has 3 heterocycles. The summed E-state index contributed by atoms with van der Waals surface area (Å²) in [4.78, 5) is 23.6. The zero-order chi connectivity index (χ0) is 31.5. The van der Waals surface area contributed by atoms with Crippen LogP contribution in [-0.4, -0.2) is 105 Å². The van der Waals surface area contributed by atoms with Crippen LogP contribution in [0.5, 0.6) is 0 Å². The van der Waals surface area contributed by atoms with E-state index < -0.39 is 21.9 Å². The number of piperazine rings is 1. The van der Waals surface area contributed by atoms with Crippen LogP contribution in [0.2, 0.25) is 0 Å². The summed E-state index contributed by atoms with van der Waals surface area (Å²) in [6.45, 7) is 5.05. The van der Waals surface area contributed by atoms with E-state index in [1.807, 2.05) is 24.3 Å². The van der Waals surface area contributed by atoms with Crippen LogP contribution in [0.15, 0.2) is 48.5 Å². The minimum absolute atomic E-state index is 0.0662. The molecule has 1 amide bonds. The lowest BCUT2D eigenvalue weighted by atomic mass is 9.52. The van der Waals surface area contributed by atoms with Crippen molar-refractivity contribution in [3.63, 3.8) is 0 Å². The van der Waals surface area contributed by atoms with Crippen molar-refractivity contribution in [2.45, 2.75) is 43.7 Å². The molecule has 0 radical (unpaired) electrons. The van der Waals surface area contributed by atoms with Crippen molar-refractivity contribution in [3.05, 3.63) is 48.5 Å². The highest BCUT2D eigenvalue weighted by atomic mass is 32.2. The van der Waals surface area contributed by atoms with Crippen molar-refractivity contribution < 1.29 is 27.9 Å². The Labute approximate surface area is 270 Å². The maximum Gasteiger partial charge on any atom is 0.431 e. The van der Waals surface area contributed by atoms with E-state index >= 15 is 0 Å². The molecule has 3 unspecified atom stereocenters. The van der Waals surface area contributed by atoms with E-state index in [4.69, 9.17) is 9.57 Å². The summed E-state index contributed by atoms with van der Waals surface area (Å²) in [5, 5.41) is 15.8. The molecule has 2 aromatic rings. The van der Waals surface area contributed by atoms with Gasteiger partial charge in [-0.3, -0.25) is 0 Å². The van der Waals surface area contributed by atoms with Crippen molar-refractivity contribution in [2.24, 2.45) is 17.8 Å². The van der Waals surface area contributed by atoms with Gasteiger partial charge in [0.1, 0.15) is 0 Å². The Morgan fingerprint density at radius 3 is 2.11 bits per heavy atom. The summed E-state index contributed by atoms with van der Waals surface area (Å²) in [7, 11) is -3.46. The predicted octanol–water partition coefficient (Wildman–Crippen LogP) is 2.92. The number of morpholine rings is 1. The van der Waals surface area contributed by atoms with Crippen LogP contribution in [0.3, 0.4) is 0 Å². The van der Waals surface area contributed by atoms with E-state index in [1.54, 1.807) is 9.37 Å². The topological polar surface area (TPSA) is 118 Å². The standard InChI is InChI=1S/C33H44N6O6S/c40-32(34-31-25-19-24-20-26(31)23-33(41,21-24)22-25)45-39-14-13-38(29-3-1-2-4-30(29)39)28-7-5-27(6-8-28)35-9-11-36(12-10-35)46(42,43)37-15-17-44-18-16-37/h1-8,24-26,31,41H,9-23H2,(H,34,40)/t24?,25-,26+,31?,33?. The monoisotopic (exact) mass is 652 g/mol. The molecule has 4 saturated carbocycles. The first-order valence-electron chi connectivity index (χ1n) is 16.8. The molecule has 2 saturated heterocycles. The molecule has 0 aromatic heterocycles. The molecular weight excluding hydrogens is 608 g/mol. The van der Waals surface area contributed by atoms with Crippen LogP contribution in [-0.2, 0) is 19.8 Å². The highest BCUT2D eigenvalue weighted by Crippen LogP contribution is 2.55. The predicted molar refractivity (Wildman–Crippen MR) is 174 cm³/mol. The number of hydrogen-bond donors (Lipinski definition) is 2. The Morgan fingerprint density at radius 2 is 1.43 bits per heavy atom. The number of hydroxylamine groups is 1. The number of carbonyl (C=O) groups is 1. The summed E-state index contributed by atoms with van der Waals surface area (Å²) in [6.07, 6.45) is 4.21. The van der Waals surface area contributed by atoms with Crippen LogP contribution >= 0.6 is 0 Å². The van der Waals surface area contributed by atoms with Gasteiger partial charge in [0.05, 0.1) is 36.7 Å². The van der Waals surface area contributed by atoms with Gasteiger partial charge >= 0.3 is 6.09 Å². The summed E-state index contributed by atoms with van der Waals surface area (Å²) in [5.41, 5.74) is 3.38. The van der Waals surface area contributed by atoms with Gasteiger partial charge in [0, 0.05) is 63.2 Å². The molecule has 4 bridgehead atoms. The quantitative estimate of drug-likeness (QED) is 0.486. The van der Waals surface area contributed by atoms with E-state index in [0.717, 1.165) is 54.9 Å². The van der Waals surface area contributed by atoms with Crippen LogP contribution in [0, 0.1) is 17.8 Å². The average Bonchev–Trinajstić information content (AvgIpc) is 3.06. The second kappa shape index (κ2) is 11.9. The fourth-order valence-electron chi connectivity index (χ4n) is 9.14. The smallest absolute Gasteiger partial charge is 0.390 e. The number of rotatable bonds is 6. The second-order valence-corrected chi connectivity index (χ2v) is 15.8. The number of para-hydroxylation sites is 2. The van der Waals surface area contributed by atoms with Crippen molar-refractivity contribution in [2.75, 3.05) is 80.4 Å². The SMILES string of the molecule is O=C(NC1[C@@H]2CC3C[C@H]1CC(O)(C3)C2)ON1CCN(c2ccc(N3CCN(S(=O)(=O)N4CCOCC4)CC3)cc2)c2ccccc21. The average molecular weight is 653 g/mol. The van der Waals surface area contributed by atoms with Gasteiger partial charge in [0.2, 0.25) is 0 Å². The highest BCUT2D eigenvalue weighted by molar-refractivity contribution is 7.86. The number of carbonyl (C=O) groups excluding carboxylic acids is 1. The molecule has 7 aliphatic rings. The van der Waals surface area contributed by atoms with Crippen LogP contribution in [0.4, 0.5) is 27.5 Å². The number of benzene rings is 2. The van der Waals surface area contributed by atoms with Gasteiger partial charge in [-0.1, -0.05) is 12.1 Å². The highest BCUT2D eigenvalue weighted by Gasteiger charge is 2.55. The minimum Gasteiger partial charge on any atom is -0.390 e. The second-order valence-electron chi connectivity index (χ2n) is 13.9. The molecule has 46 heavy (non-hydrogen) atoms. The summed E-state index contributed by atoms with van der Waals surface area (Å²) in [5.74, 6) is 1.23. The van der Waals surface area contributed by atoms with E-state index in [0.29, 0.717) is 83.3 Å².